The minimum atomic E-state index is -3.72. The van der Waals surface area contributed by atoms with Gasteiger partial charge in [-0.25, -0.2) is 22.7 Å². The van der Waals surface area contributed by atoms with E-state index in [2.05, 4.69) is 0 Å². The minimum Gasteiger partial charge on any atom is -0.367 e. The number of amides is 1. The molecule has 1 fully saturated rings. The monoisotopic (exact) mass is 391 g/mol. The molecular formula is C16H23F2N3O4S. The van der Waals surface area contributed by atoms with E-state index in [1.165, 1.54) is 15.9 Å². The Morgan fingerprint density at radius 3 is 2.35 bits per heavy atom. The Kier molecular flexibility index (Phi) is 6.53. The van der Waals surface area contributed by atoms with Crippen LogP contribution in [0, 0.1) is 23.5 Å². The van der Waals surface area contributed by atoms with Crippen molar-refractivity contribution in [3.8, 4) is 0 Å². The van der Waals surface area contributed by atoms with E-state index in [0.29, 0.717) is 0 Å². The van der Waals surface area contributed by atoms with Crippen molar-refractivity contribution in [2.45, 2.75) is 13.8 Å². The Balaban J connectivity index is 2.04. The predicted octanol–water partition coefficient (Wildman–Crippen LogP) is 1.19. The first-order valence-electron chi connectivity index (χ1n) is 8.27. The van der Waals surface area contributed by atoms with E-state index in [0.717, 1.165) is 12.1 Å². The van der Waals surface area contributed by atoms with Gasteiger partial charge in [0.1, 0.15) is 11.6 Å². The molecule has 2 rings (SSSR count). The van der Waals surface area contributed by atoms with Gasteiger partial charge in [0.15, 0.2) is 0 Å². The molecule has 1 atom stereocenters. The molecule has 1 aliphatic rings. The summed E-state index contributed by atoms with van der Waals surface area (Å²) in [6, 6.07) is 3.27. The molecule has 1 saturated heterocycles. The van der Waals surface area contributed by atoms with Gasteiger partial charge in [0.2, 0.25) is 15.9 Å². The average Bonchev–Trinajstić information content (AvgIpc) is 2.59. The molecule has 26 heavy (non-hydrogen) atoms. The maximum absolute atomic E-state index is 13.9. The second-order valence-electron chi connectivity index (χ2n) is 6.59. The molecular weight excluding hydrogens is 368 g/mol. The molecule has 10 heteroatoms. The molecule has 0 spiro atoms. The Labute approximate surface area is 151 Å². The molecule has 1 aromatic carbocycles. The summed E-state index contributed by atoms with van der Waals surface area (Å²) in [6.45, 7) is 4.16. The number of nitrogens with zero attached hydrogens (tertiary/aromatic N) is 2. The molecule has 2 N–H and O–H groups in total. The molecule has 1 aromatic rings. The van der Waals surface area contributed by atoms with Crippen molar-refractivity contribution < 1.29 is 27.2 Å². The molecule has 7 nitrogen and oxygen atoms in total. The fraction of sp³-hybridized carbons (Fsp3) is 0.562. The highest BCUT2D eigenvalue weighted by Gasteiger charge is 2.34. The van der Waals surface area contributed by atoms with Crippen molar-refractivity contribution in [3.63, 3.8) is 0 Å². The Bertz CT molecular complexity index is 750. The molecule has 0 saturated carbocycles. The van der Waals surface area contributed by atoms with E-state index >= 15 is 0 Å². The van der Waals surface area contributed by atoms with Gasteiger partial charge in [-0.05, 0) is 18.1 Å². The summed E-state index contributed by atoms with van der Waals surface area (Å²) in [5.41, 5.74) is 1.73. The summed E-state index contributed by atoms with van der Waals surface area (Å²) in [5, 5.41) is 8.79. The number of hydroxylamine groups is 1. The second kappa shape index (κ2) is 8.28. The maximum Gasteiger partial charge on any atom is 0.247 e. The van der Waals surface area contributed by atoms with E-state index in [1.807, 2.05) is 0 Å². The Morgan fingerprint density at radius 2 is 1.85 bits per heavy atom. The van der Waals surface area contributed by atoms with Crippen LogP contribution in [-0.4, -0.2) is 55.8 Å². The number of carbonyl (C=O) groups excluding carboxylic acids is 1. The normalized spacial score (nSPS) is 17.4. The molecule has 0 aliphatic carbocycles. The van der Waals surface area contributed by atoms with Crippen molar-refractivity contribution >= 4 is 21.6 Å². The van der Waals surface area contributed by atoms with Crippen LogP contribution in [0.1, 0.15) is 13.8 Å². The van der Waals surface area contributed by atoms with Gasteiger partial charge in [0.25, 0.3) is 0 Å². The summed E-state index contributed by atoms with van der Waals surface area (Å²) in [7, 11) is -3.72. The van der Waals surface area contributed by atoms with Crippen LogP contribution in [0.15, 0.2) is 18.2 Å². The first-order valence-corrected chi connectivity index (χ1v) is 9.88. The zero-order valence-corrected chi connectivity index (χ0v) is 15.5. The average molecular weight is 391 g/mol. The number of hydrogen-bond acceptors (Lipinski definition) is 5. The van der Waals surface area contributed by atoms with E-state index in [4.69, 9.17) is 5.21 Å². The Hall–Kier alpha value is -1.78. The highest BCUT2D eigenvalue weighted by molar-refractivity contribution is 7.89. The molecule has 0 radical (unpaired) electrons. The van der Waals surface area contributed by atoms with Crippen LogP contribution in [0.5, 0.6) is 0 Å². The van der Waals surface area contributed by atoms with Crippen molar-refractivity contribution in [2.24, 2.45) is 11.8 Å². The molecule has 1 amide bonds. The minimum absolute atomic E-state index is 0.130. The third-order valence-corrected chi connectivity index (χ3v) is 6.46. The Morgan fingerprint density at radius 1 is 1.23 bits per heavy atom. The first kappa shape index (κ1) is 20.5. The van der Waals surface area contributed by atoms with Crippen molar-refractivity contribution in [1.82, 2.24) is 9.79 Å². The van der Waals surface area contributed by atoms with Crippen molar-refractivity contribution in [1.29, 1.82) is 0 Å². The number of halogens is 2. The summed E-state index contributed by atoms with van der Waals surface area (Å²) >= 11 is 0. The molecule has 1 heterocycles. The van der Waals surface area contributed by atoms with E-state index in [1.54, 1.807) is 18.7 Å². The van der Waals surface area contributed by atoms with Crippen molar-refractivity contribution in [2.75, 3.05) is 36.8 Å². The lowest BCUT2D eigenvalue weighted by Crippen LogP contribution is -2.51. The second-order valence-corrected chi connectivity index (χ2v) is 8.60. The standard InChI is InChI=1S/C16H23F2N3O4S/c1-11(2)13(16(22)19-23)10-26(24,25)21-7-5-20(6-8-21)15-4-3-12(17)9-14(15)18/h3-4,9,11,13,23H,5-8,10H2,1-2H3,(H,19,22). The lowest BCUT2D eigenvalue weighted by Gasteiger charge is -2.36. The number of rotatable bonds is 6. The first-order chi connectivity index (χ1) is 12.2. The zero-order chi connectivity index (χ0) is 19.5. The molecule has 0 bridgehead atoms. The van der Waals surface area contributed by atoms with Gasteiger partial charge in [-0.1, -0.05) is 13.8 Å². The third-order valence-electron chi connectivity index (χ3n) is 4.52. The highest BCUT2D eigenvalue weighted by atomic mass is 32.2. The van der Waals surface area contributed by atoms with Crippen LogP contribution in [0.25, 0.3) is 0 Å². The maximum atomic E-state index is 13.9. The molecule has 146 valence electrons. The zero-order valence-electron chi connectivity index (χ0n) is 14.7. The van der Waals surface area contributed by atoms with Crippen LogP contribution in [0.2, 0.25) is 0 Å². The van der Waals surface area contributed by atoms with Gasteiger partial charge in [-0.15, -0.1) is 0 Å². The van der Waals surface area contributed by atoms with Gasteiger partial charge in [0, 0.05) is 32.2 Å². The fourth-order valence-electron chi connectivity index (χ4n) is 2.93. The third kappa shape index (κ3) is 4.68. The fourth-order valence-corrected chi connectivity index (χ4v) is 4.85. The lowest BCUT2D eigenvalue weighted by atomic mass is 9.97. The molecule has 0 aromatic heterocycles. The number of piperazine rings is 1. The largest absolute Gasteiger partial charge is 0.367 e. The number of sulfonamides is 1. The van der Waals surface area contributed by atoms with Crippen LogP contribution >= 0.6 is 0 Å². The highest BCUT2D eigenvalue weighted by Crippen LogP contribution is 2.23. The van der Waals surface area contributed by atoms with E-state index in [9.17, 15) is 22.0 Å². The van der Waals surface area contributed by atoms with Crippen molar-refractivity contribution in [3.05, 3.63) is 29.8 Å². The quantitative estimate of drug-likeness (QED) is 0.562. The number of hydrogen-bond donors (Lipinski definition) is 2. The van der Waals surface area contributed by atoms with Gasteiger partial charge >= 0.3 is 0 Å². The van der Waals surface area contributed by atoms with Crippen LogP contribution in [0.4, 0.5) is 14.5 Å². The van der Waals surface area contributed by atoms with Crippen LogP contribution in [0.3, 0.4) is 0 Å². The van der Waals surface area contributed by atoms with E-state index in [-0.39, 0.29) is 37.8 Å². The molecule has 1 aliphatic heterocycles. The van der Waals surface area contributed by atoms with Gasteiger partial charge in [-0.2, -0.15) is 4.31 Å². The van der Waals surface area contributed by atoms with Gasteiger partial charge in [-0.3, -0.25) is 10.0 Å². The summed E-state index contributed by atoms with van der Waals surface area (Å²) in [5.74, 6) is -3.67. The number of carbonyl (C=O) groups is 1. The number of benzene rings is 1. The van der Waals surface area contributed by atoms with Crippen LogP contribution < -0.4 is 10.4 Å². The lowest BCUT2D eigenvalue weighted by molar-refractivity contribution is -0.134. The van der Waals surface area contributed by atoms with E-state index < -0.39 is 39.2 Å². The van der Waals surface area contributed by atoms with Gasteiger partial charge in [0.05, 0.1) is 17.4 Å². The smallest absolute Gasteiger partial charge is 0.247 e. The molecule has 1 unspecified atom stereocenters. The summed E-state index contributed by atoms with van der Waals surface area (Å²) < 4.78 is 53.3. The predicted molar refractivity (Wildman–Crippen MR) is 92.2 cm³/mol. The SMILES string of the molecule is CC(C)C(CS(=O)(=O)N1CCN(c2ccc(F)cc2F)CC1)C(=O)NO. The van der Waals surface area contributed by atoms with Gasteiger partial charge < -0.3 is 4.90 Å². The topological polar surface area (TPSA) is 90.0 Å². The summed E-state index contributed by atoms with van der Waals surface area (Å²) in [4.78, 5) is 13.3. The summed E-state index contributed by atoms with van der Waals surface area (Å²) in [6.07, 6.45) is 0. The number of nitrogens with one attached hydrogen (secondary N) is 1. The number of anilines is 1. The van der Waals surface area contributed by atoms with Crippen LogP contribution in [-0.2, 0) is 14.8 Å².